The molecular formula is C26H35N5O2. The number of nitrogens with zero attached hydrogens (tertiary/aromatic N) is 5. The average molecular weight is 450 g/mol. The molecule has 1 saturated heterocycles. The van der Waals surface area contributed by atoms with Crippen LogP contribution in [0.2, 0.25) is 0 Å². The van der Waals surface area contributed by atoms with Crippen molar-refractivity contribution in [1.82, 2.24) is 19.8 Å². The number of aromatic nitrogens is 2. The number of methoxy groups -OCH3 is 1. The van der Waals surface area contributed by atoms with Gasteiger partial charge in [0.1, 0.15) is 0 Å². The molecular weight excluding hydrogens is 414 g/mol. The van der Waals surface area contributed by atoms with Crippen LogP contribution >= 0.6 is 0 Å². The smallest absolute Gasteiger partial charge is 0.325 e. The van der Waals surface area contributed by atoms with Gasteiger partial charge in [-0.3, -0.25) is 9.80 Å². The summed E-state index contributed by atoms with van der Waals surface area (Å²) in [7, 11) is 5.94. The predicted molar refractivity (Wildman–Crippen MR) is 128 cm³/mol. The minimum absolute atomic E-state index is 0.00828. The summed E-state index contributed by atoms with van der Waals surface area (Å²) in [6.07, 6.45) is 11.2. The number of ether oxygens (including phenoxy) is 1. The highest BCUT2D eigenvalue weighted by atomic mass is 16.5. The van der Waals surface area contributed by atoms with E-state index in [1.54, 1.807) is 19.5 Å². The molecule has 33 heavy (non-hydrogen) atoms. The van der Waals surface area contributed by atoms with Crippen molar-refractivity contribution in [3.8, 4) is 6.01 Å². The van der Waals surface area contributed by atoms with E-state index in [1.165, 1.54) is 24.8 Å². The van der Waals surface area contributed by atoms with Gasteiger partial charge >= 0.3 is 12.0 Å². The van der Waals surface area contributed by atoms with Crippen LogP contribution in [-0.4, -0.2) is 65.6 Å². The summed E-state index contributed by atoms with van der Waals surface area (Å²) in [5.41, 5.74) is 2.00. The highest BCUT2D eigenvalue weighted by molar-refractivity contribution is 5.95. The molecule has 0 unspecified atom stereocenters. The van der Waals surface area contributed by atoms with Crippen molar-refractivity contribution < 1.29 is 9.53 Å². The van der Waals surface area contributed by atoms with Crippen molar-refractivity contribution in [3.05, 3.63) is 48.3 Å². The molecule has 5 rings (SSSR count). The topological polar surface area (TPSA) is 61.8 Å². The van der Waals surface area contributed by atoms with Gasteiger partial charge in [-0.2, -0.15) is 0 Å². The monoisotopic (exact) mass is 449 g/mol. The third-order valence-corrected chi connectivity index (χ3v) is 8.44. The second-order valence-electron chi connectivity index (χ2n) is 10.2. The Balaban J connectivity index is 1.44. The fourth-order valence-corrected chi connectivity index (χ4v) is 6.06. The Hall–Kier alpha value is -2.67. The highest BCUT2D eigenvalue weighted by Gasteiger charge is 2.55. The number of hydrogen-bond donors (Lipinski definition) is 0. The Labute approximate surface area is 196 Å². The fourth-order valence-electron chi connectivity index (χ4n) is 6.06. The van der Waals surface area contributed by atoms with Crippen molar-refractivity contribution in [3.63, 3.8) is 0 Å². The zero-order chi connectivity index (χ0) is 23.1. The van der Waals surface area contributed by atoms with Crippen LogP contribution in [0.3, 0.4) is 0 Å². The molecule has 3 fully saturated rings. The summed E-state index contributed by atoms with van der Waals surface area (Å²) in [5, 5.41) is 0. The molecule has 1 spiro atoms. The van der Waals surface area contributed by atoms with E-state index in [4.69, 9.17) is 4.74 Å². The van der Waals surface area contributed by atoms with Gasteiger partial charge in [-0.25, -0.2) is 14.8 Å². The van der Waals surface area contributed by atoms with Crippen LogP contribution in [0.5, 0.6) is 6.01 Å². The zero-order valence-electron chi connectivity index (χ0n) is 20.0. The quantitative estimate of drug-likeness (QED) is 0.658. The number of amides is 2. The standard InChI is InChI=1S/C26H35N5O2/c1-29(2)26(21-10-5-4-6-11-21)14-12-25(13-15-26)19-30(22-16-27-23(33-3)28-17-22)24(32)31(25)18-20-8-7-9-20/h4-6,10-11,16-17,20H,7-9,12-15,18-19H2,1-3H3/t25-,26-. The first-order chi connectivity index (χ1) is 16.0. The number of carbonyl (C=O) groups is 1. The van der Waals surface area contributed by atoms with E-state index in [9.17, 15) is 4.79 Å². The Kier molecular flexibility index (Phi) is 5.77. The average Bonchev–Trinajstić information content (AvgIpc) is 3.08. The Morgan fingerprint density at radius 1 is 1.06 bits per heavy atom. The van der Waals surface area contributed by atoms with E-state index in [0.29, 0.717) is 18.5 Å². The molecule has 1 aliphatic heterocycles. The summed E-state index contributed by atoms with van der Waals surface area (Å²) >= 11 is 0. The molecule has 7 heteroatoms. The number of hydrogen-bond acceptors (Lipinski definition) is 5. The lowest BCUT2D eigenvalue weighted by Gasteiger charge is -2.51. The number of benzene rings is 1. The Morgan fingerprint density at radius 2 is 1.73 bits per heavy atom. The first kappa shape index (κ1) is 22.1. The number of anilines is 1. The first-order valence-electron chi connectivity index (χ1n) is 12.2. The number of rotatable bonds is 6. The van der Waals surface area contributed by atoms with Gasteiger partial charge in [0, 0.05) is 12.1 Å². The molecule has 2 heterocycles. The van der Waals surface area contributed by atoms with E-state index >= 15 is 0 Å². The number of urea groups is 1. The molecule has 2 saturated carbocycles. The van der Waals surface area contributed by atoms with Crippen LogP contribution in [0.1, 0.15) is 50.5 Å². The van der Waals surface area contributed by atoms with Crippen molar-refractivity contribution in [2.75, 3.05) is 39.2 Å². The lowest BCUT2D eigenvalue weighted by atomic mass is 9.68. The second kappa shape index (κ2) is 8.60. The minimum atomic E-state index is -0.138. The van der Waals surface area contributed by atoms with Crippen molar-refractivity contribution in [1.29, 1.82) is 0 Å². The normalized spacial score (nSPS) is 27.9. The summed E-state index contributed by atoms with van der Waals surface area (Å²) in [6.45, 7) is 1.57. The molecule has 0 bridgehead atoms. The molecule has 176 valence electrons. The molecule has 1 aromatic heterocycles. The van der Waals surface area contributed by atoms with Crippen LogP contribution in [-0.2, 0) is 5.54 Å². The van der Waals surface area contributed by atoms with Gasteiger partial charge in [-0.15, -0.1) is 0 Å². The van der Waals surface area contributed by atoms with Crippen LogP contribution < -0.4 is 9.64 Å². The maximum Gasteiger partial charge on any atom is 0.325 e. The molecule has 7 nitrogen and oxygen atoms in total. The van der Waals surface area contributed by atoms with E-state index in [1.807, 2.05) is 4.90 Å². The Morgan fingerprint density at radius 3 is 2.27 bits per heavy atom. The third kappa shape index (κ3) is 3.76. The van der Waals surface area contributed by atoms with Crippen LogP contribution in [0.4, 0.5) is 10.5 Å². The van der Waals surface area contributed by atoms with Crippen molar-refractivity contribution in [2.45, 2.75) is 56.0 Å². The molecule has 2 amide bonds. The number of carbonyl (C=O) groups excluding carboxylic acids is 1. The molecule has 2 aliphatic carbocycles. The van der Waals surface area contributed by atoms with E-state index in [2.05, 4.69) is 64.2 Å². The Bertz CT molecular complexity index is 966. The fraction of sp³-hybridized carbons (Fsp3) is 0.577. The van der Waals surface area contributed by atoms with Gasteiger partial charge in [-0.05, 0) is 64.1 Å². The van der Waals surface area contributed by atoms with E-state index < -0.39 is 0 Å². The predicted octanol–water partition coefficient (Wildman–Crippen LogP) is 4.30. The van der Waals surface area contributed by atoms with Gasteiger partial charge in [-0.1, -0.05) is 36.8 Å². The largest absolute Gasteiger partial charge is 0.467 e. The van der Waals surface area contributed by atoms with Crippen molar-refractivity contribution in [2.24, 2.45) is 5.92 Å². The van der Waals surface area contributed by atoms with Gasteiger partial charge in [0.25, 0.3) is 0 Å². The molecule has 0 atom stereocenters. The van der Waals surface area contributed by atoms with Crippen molar-refractivity contribution >= 4 is 11.7 Å². The van der Waals surface area contributed by atoms with Crippen LogP contribution in [0.15, 0.2) is 42.7 Å². The van der Waals surface area contributed by atoms with E-state index in [-0.39, 0.29) is 17.1 Å². The maximum atomic E-state index is 13.7. The lowest BCUT2D eigenvalue weighted by molar-refractivity contribution is 0.0172. The second-order valence-corrected chi connectivity index (χ2v) is 10.2. The molecule has 3 aliphatic rings. The summed E-state index contributed by atoms with van der Waals surface area (Å²) in [5.74, 6) is 0.632. The van der Waals surface area contributed by atoms with Gasteiger partial charge in [0.2, 0.25) is 0 Å². The molecule has 2 aromatic rings. The molecule has 1 aromatic carbocycles. The van der Waals surface area contributed by atoms with Crippen LogP contribution in [0.25, 0.3) is 0 Å². The SMILES string of the molecule is COc1ncc(N2C[C@]3(CC[C@@](c4ccccc4)(N(C)C)CC3)N(CC3CCC3)C2=O)cn1. The van der Waals surface area contributed by atoms with Gasteiger partial charge < -0.3 is 9.64 Å². The minimum Gasteiger partial charge on any atom is -0.467 e. The summed E-state index contributed by atoms with van der Waals surface area (Å²) in [4.78, 5) is 28.7. The zero-order valence-corrected chi connectivity index (χ0v) is 20.0. The summed E-state index contributed by atoms with van der Waals surface area (Å²) in [6, 6.07) is 11.3. The van der Waals surface area contributed by atoms with Gasteiger partial charge in [0.15, 0.2) is 0 Å². The van der Waals surface area contributed by atoms with Gasteiger partial charge in [0.05, 0.1) is 37.3 Å². The summed E-state index contributed by atoms with van der Waals surface area (Å²) < 4.78 is 5.11. The maximum absolute atomic E-state index is 13.7. The van der Waals surface area contributed by atoms with Crippen LogP contribution in [0, 0.1) is 5.92 Å². The molecule has 0 N–H and O–H groups in total. The highest BCUT2D eigenvalue weighted by Crippen LogP contribution is 2.50. The lowest BCUT2D eigenvalue weighted by Crippen LogP contribution is -2.56. The first-order valence-corrected chi connectivity index (χ1v) is 12.2. The molecule has 0 radical (unpaired) electrons. The third-order valence-electron chi connectivity index (χ3n) is 8.44. The van der Waals surface area contributed by atoms with E-state index in [0.717, 1.165) is 37.9 Å².